The Bertz CT molecular complexity index is 1620. The predicted octanol–water partition coefficient (Wildman–Crippen LogP) is 4.96. The molecule has 0 atom stereocenters. The maximum Gasteiger partial charge on any atom is 0.283 e. The smallest absolute Gasteiger partial charge is 0.277 e. The van der Waals surface area contributed by atoms with E-state index in [4.69, 9.17) is 0 Å². The first-order valence-corrected chi connectivity index (χ1v) is 13.5. The van der Waals surface area contributed by atoms with E-state index in [0.717, 1.165) is 26.7 Å². The number of nitro benzene ring substituents is 2. The van der Waals surface area contributed by atoms with Gasteiger partial charge in [-0.1, -0.05) is 30.0 Å². The van der Waals surface area contributed by atoms with Crippen molar-refractivity contribution in [2.75, 3.05) is 19.5 Å². The molecule has 0 radical (unpaired) electrons. The van der Waals surface area contributed by atoms with E-state index < -0.39 is 25.6 Å². The summed E-state index contributed by atoms with van der Waals surface area (Å²) in [5.74, 6) is 0. The summed E-state index contributed by atoms with van der Waals surface area (Å²) in [6.45, 7) is 0. The number of benzene rings is 3. The van der Waals surface area contributed by atoms with Crippen LogP contribution >= 0.6 is 23.1 Å². The van der Waals surface area contributed by atoms with Crippen molar-refractivity contribution in [3.05, 3.63) is 86.5 Å². The van der Waals surface area contributed by atoms with Crippen LogP contribution in [0.15, 0.2) is 79.9 Å². The minimum atomic E-state index is -4.03. The number of hydrogen-bond acceptors (Lipinski definition) is 11. The quantitative estimate of drug-likeness (QED) is 0.170. The summed E-state index contributed by atoms with van der Waals surface area (Å²) in [5, 5.41) is 26.8. The number of nitro groups is 2. The highest BCUT2D eigenvalue weighted by molar-refractivity contribution is 8.01. The third kappa shape index (κ3) is 5.75. The molecule has 0 spiro atoms. The molecule has 1 aromatic heterocycles. The van der Waals surface area contributed by atoms with Gasteiger partial charge in [0.2, 0.25) is 10.0 Å². The lowest BCUT2D eigenvalue weighted by Gasteiger charge is -2.14. The molecule has 0 aliphatic heterocycles. The number of non-ortho nitro benzene ring substituents is 1. The first-order valence-electron chi connectivity index (χ1n) is 10.4. The maximum absolute atomic E-state index is 12.7. The van der Waals surface area contributed by atoms with Crippen LogP contribution in [-0.4, -0.2) is 47.9 Å². The van der Waals surface area contributed by atoms with Gasteiger partial charge < -0.3 is 0 Å². The molecule has 37 heavy (non-hydrogen) atoms. The molecule has 1 heterocycles. The zero-order valence-electron chi connectivity index (χ0n) is 19.3. The minimum absolute atomic E-state index is 0.00746. The Morgan fingerprint density at radius 1 is 1.05 bits per heavy atom. The highest BCUT2D eigenvalue weighted by Crippen LogP contribution is 2.39. The van der Waals surface area contributed by atoms with Gasteiger partial charge in [-0.15, -0.1) is 11.3 Å². The second-order valence-corrected chi connectivity index (χ2v) is 12.1. The molecular formula is C22H18N6O6S3. The number of hydrazone groups is 1. The lowest BCUT2D eigenvalue weighted by molar-refractivity contribution is -0.387. The van der Waals surface area contributed by atoms with E-state index in [1.807, 2.05) is 24.3 Å². The van der Waals surface area contributed by atoms with Crippen LogP contribution in [0.5, 0.6) is 0 Å². The van der Waals surface area contributed by atoms with Gasteiger partial charge in [-0.3, -0.25) is 25.7 Å². The zero-order valence-corrected chi connectivity index (χ0v) is 21.7. The number of nitrogens with one attached hydrogen (secondary N) is 1. The summed E-state index contributed by atoms with van der Waals surface area (Å²) in [7, 11) is -1.43. The molecule has 0 aliphatic rings. The van der Waals surface area contributed by atoms with Crippen LogP contribution in [0, 0.1) is 20.2 Å². The van der Waals surface area contributed by atoms with Crippen molar-refractivity contribution >= 4 is 66.6 Å². The third-order valence-corrected chi connectivity index (χ3v) is 9.00. The molecule has 3 aromatic carbocycles. The maximum atomic E-state index is 12.7. The van der Waals surface area contributed by atoms with Crippen molar-refractivity contribution in [1.29, 1.82) is 0 Å². The minimum Gasteiger partial charge on any atom is -0.277 e. The van der Waals surface area contributed by atoms with Gasteiger partial charge in [-0.2, -0.15) is 5.10 Å². The molecule has 0 unspecified atom stereocenters. The summed E-state index contributed by atoms with van der Waals surface area (Å²) in [6, 6.07) is 15.4. The van der Waals surface area contributed by atoms with E-state index in [0.29, 0.717) is 14.8 Å². The van der Waals surface area contributed by atoms with Gasteiger partial charge in [-0.05, 0) is 24.3 Å². The Balaban J connectivity index is 1.59. The van der Waals surface area contributed by atoms with Gasteiger partial charge in [0.05, 0.1) is 36.9 Å². The van der Waals surface area contributed by atoms with Crippen molar-refractivity contribution < 1.29 is 18.3 Å². The standard InChI is InChI=1S/C22H18N6O6S3/c1-26(2)37(33,34)21-12-15(27(29)30)8-9-17(21)25-23-13-14-7-10-20(18(11-14)28(31)32)36-22-24-16-5-3-4-6-19(16)35-22/h3-13,25H,1-2H3/b23-13-. The zero-order chi connectivity index (χ0) is 26.7. The summed E-state index contributed by atoms with van der Waals surface area (Å²) in [5.41, 5.74) is 3.23. The van der Waals surface area contributed by atoms with Crippen LogP contribution < -0.4 is 5.43 Å². The molecule has 190 valence electrons. The second kappa shape index (κ2) is 10.6. The second-order valence-electron chi connectivity index (χ2n) is 7.63. The molecule has 0 saturated carbocycles. The molecule has 12 nitrogen and oxygen atoms in total. The van der Waals surface area contributed by atoms with E-state index in [1.54, 1.807) is 12.1 Å². The number of fused-ring (bicyclic) bond motifs is 1. The predicted molar refractivity (Wildman–Crippen MR) is 142 cm³/mol. The number of aromatic nitrogens is 1. The lowest BCUT2D eigenvalue weighted by Crippen LogP contribution is -2.23. The monoisotopic (exact) mass is 558 g/mol. The Morgan fingerprint density at radius 2 is 1.81 bits per heavy atom. The molecule has 1 N–H and O–H groups in total. The van der Waals surface area contributed by atoms with Gasteiger partial charge in [0.15, 0.2) is 4.34 Å². The normalized spacial score (nSPS) is 11.9. The molecule has 0 bridgehead atoms. The topological polar surface area (TPSA) is 161 Å². The van der Waals surface area contributed by atoms with E-state index in [9.17, 15) is 28.6 Å². The van der Waals surface area contributed by atoms with Gasteiger partial charge in [0, 0.05) is 37.9 Å². The first kappa shape index (κ1) is 26.2. The van der Waals surface area contributed by atoms with Crippen LogP contribution in [0.4, 0.5) is 17.1 Å². The molecule has 0 amide bonds. The number of nitrogens with zero attached hydrogens (tertiary/aromatic N) is 5. The molecular weight excluding hydrogens is 540 g/mol. The van der Waals surface area contributed by atoms with Crippen molar-refractivity contribution in [3.8, 4) is 0 Å². The number of sulfonamides is 1. The van der Waals surface area contributed by atoms with Crippen LogP contribution in [0.2, 0.25) is 0 Å². The Labute approximate surface area is 219 Å². The van der Waals surface area contributed by atoms with Crippen molar-refractivity contribution in [2.45, 2.75) is 14.1 Å². The van der Waals surface area contributed by atoms with Crippen molar-refractivity contribution in [3.63, 3.8) is 0 Å². The number of rotatable bonds is 9. The Morgan fingerprint density at radius 3 is 2.49 bits per heavy atom. The summed E-state index contributed by atoms with van der Waals surface area (Å²) in [4.78, 5) is 26.2. The Hall–Kier alpha value is -3.92. The van der Waals surface area contributed by atoms with E-state index in [1.165, 1.54) is 55.5 Å². The van der Waals surface area contributed by atoms with Crippen LogP contribution in [0.25, 0.3) is 10.2 Å². The fourth-order valence-corrected chi connectivity index (χ4v) is 6.30. The SMILES string of the molecule is CN(C)S(=O)(=O)c1cc([N+](=O)[O-])ccc1N/N=C\c1ccc(Sc2nc3ccccc3s2)c([N+](=O)[O-])c1. The van der Waals surface area contributed by atoms with E-state index in [-0.39, 0.29) is 16.3 Å². The molecule has 0 fully saturated rings. The largest absolute Gasteiger partial charge is 0.283 e. The third-order valence-electron chi connectivity index (χ3n) is 4.98. The first-order chi connectivity index (χ1) is 17.6. The molecule has 0 aliphatic carbocycles. The fraction of sp³-hybridized carbons (Fsp3) is 0.0909. The molecule has 4 aromatic rings. The van der Waals surface area contributed by atoms with Crippen molar-refractivity contribution in [1.82, 2.24) is 9.29 Å². The fourth-order valence-electron chi connectivity index (χ4n) is 3.14. The molecule has 15 heteroatoms. The van der Waals surface area contributed by atoms with Gasteiger partial charge in [0.25, 0.3) is 11.4 Å². The van der Waals surface area contributed by atoms with Gasteiger partial charge in [-0.25, -0.2) is 17.7 Å². The number of thiazole rings is 1. The van der Waals surface area contributed by atoms with Crippen molar-refractivity contribution in [2.24, 2.45) is 5.10 Å². The van der Waals surface area contributed by atoms with Gasteiger partial charge in [0.1, 0.15) is 4.90 Å². The summed E-state index contributed by atoms with van der Waals surface area (Å²) < 4.78 is 27.9. The molecule has 0 saturated heterocycles. The lowest BCUT2D eigenvalue weighted by atomic mass is 10.2. The van der Waals surface area contributed by atoms with Crippen LogP contribution in [0.3, 0.4) is 0 Å². The average Bonchev–Trinajstić information content (AvgIpc) is 3.27. The summed E-state index contributed by atoms with van der Waals surface area (Å²) >= 11 is 2.62. The number of hydrogen-bond donors (Lipinski definition) is 1. The number of para-hydroxylation sites is 1. The highest BCUT2D eigenvalue weighted by Gasteiger charge is 2.24. The van der Waals surface area contributed by atoms with Gasteiger partial charge >= 0.3 is 0 Å². The number of anilines is 1. The van der Waals surface area contributed by atoms with E-state index >= 15 is 0 Å². The average molecular weight is 559 g/mol. The van der Waals surface area contributed by atoms with Crippen LogP contribution in [-0.2, 0) is 10.0 Å². The van der Waals surface area contributed by atoms with E-state index in [2.05, 4.69) is 15.5 Å². The van der Waals surface area contributed by atoms with Crippen LogP contribution in [0.1, 0.15) is 5.56 Å². The Kier molecular flexibility index (Phi) is 7.49. The summed E-state index contributed by atoms with van der Waals surface area (Å²) in [6.07, 6.45) is 1.28. The molecule has 4 rings (SSSR count). The highest BCUT2D eigenvalue weighted by atomic mass is 32.2.